The molecular formula is C20H22F2N2O3. The summed E-state index contributed by atoms with van der Waals surface area (Å²) in [4.78, 5) is 12.5. The maximum atomic E-state index is 12.5. The number of methoxy groups -OCH3 is 1. The lowest BCUT2D eigenvalue weighted by Gasteiger charge is -2.17. The summed E-state index contributed by atoms with van der Waals surface area (Å²) in [5.74, 6) is -0.125. The largest absolute Gasteiger partial charge is 0.493 e. The maximum absolute atomic E-state index is 12.5. The fourth-order valence-corrected chi connectivity index (χ4v) is 3.17. The topological polar surface area (TPSA) is 59.6 Å². The first kappa shape index (κ1) is 18.9. The van der Waals surface area contributed by atoms with E-state index in [1.807, 2.05) is 18.2 Å². The first-order valence-electron chi connectivity index (χ1n) is 8.78. The zero-order valence-electron chi connectivity index (χ0n) is 15.2. The Kier molecular flexibility index (Phi) is 5.78. The van der Waals surface area contributed by atoms with Gasteiger partial charge in [-0.25, -0.2) is 0 Å². The molecule has 0 saturated heterocycles. The summed E-state index contributed by atoms with van der Waals surface area (Å²) in [6.45, 7) is -1.27. The van der Waals surface area contributed by atoms with Crippen molar-refractivity contribution in [3.63, 3.8) is 0 Å². The minimum absolute atomic E-state index is 0.0938. The highest BCUT2D eigenvalue weighted by atomic mass is 19.3. The first-order chi connectivity index (χ1) is 13.0. The van der Waals surface area contributed by atoms with Gasteiger partial charge in [0.05, 0.1) is 7.11 Å². The van der Waals surface area contributed by atoms with E-state index in [4.69, 9.17) is 4.74 Å². The number of nitrogens with one attached hydrogen (secondary N) is 2. The van der Waals surface area contributed by atoms with Crippen molar-refractivity contribution < 1.29 is 23.0 Å². The van der Waals surface area contributed by atoms with Gasteiger partial charge in [0.15, 0.2) is 11.5 Å². The Labute approximate surface area is 156 Å². The Bertz CT molecular complexity index is 827. The molecule has 2 aromatic rings. The van der Waals surface area contributed by atoms with E-state index in [1.54, 1.807) is 13.0 Å². The van der Waals surface area contributed by atoms with Gasteiger partial charge in [0.2, 0.25) is 5.91 Å². The lowest BCUT2D eigenvalue weighted by Crippen LogP contribution is -2.31. The molecule has 27 heavy (non-hydrogen) atoms. The normalized spacial score (nSPS) is 13.8. The van der Waals surface area contributed by atoms with Gasteiger partial charge >= 0.3 is 6.61 Å². The minimum Gasteiger partial charge on any atom is -0.493 e. The molecule has 1 aliphatic rings. The number of rotatable bonds is 7. The molecule has 1 atom stereocenters. The molecule has 0 spiro atoms. The number of hydrogen-bond donors (Lipinski definition) is 2. The van der Waals surface area contributed by atoms with Crippen LogP contribution in [0.5, 0.6) is 11.5 Å². The van der Waals surface area contributed by atoms with E-state index in [9.17, 15) is 13.6 Å². The highest BCUT2D eigenvalue weighted by molar-refractivity contribution is 5.96. The van der Waals surface area contributed by atoms with Gasteiger partial charge in [0, 0.05) is 17.4 Å². The molecule has 0 fully saturated rings. The number of carbonyl (C=O) groups is 1. The minimum atomic E-state index is -2.96. The van der Waals surface area contributed by atoms with Crippen molar-refractivity contribution in [3.8, 4) is 11.5 Å². The average Bonchev–Trinajstić information content (AvgIpc) is 3.09. The molecule has 1 amide bonds. The van der Waals surface area contributed by atoms with Gasteiger partial charge in [-0.1, -0.05) is 6.07 Å². The summed E-state index contributed by atoms with van der Waals surface area (Å²) in [6.07, 6.45) is 3.26. The number of amides is 1. The van der Waals surface area contributed by atoms with E-state index in [-0.39, 0.29) is 17.4 Å². The molecule has 2 aromatic carbocycles. The Morgan fingerprint density at radius 1 is 1.04 bits per heavy atom. The number of carbonyl (C=O) groups excluding carboxylic acids is 1. The van der Waals surface area contributed by atoms with Gasteiger partial charge in [-0.15, -0.1) is 0 Å². The molecule has 0 heterocycles. The average molecular weight is 376 g/mol. The van der Waals surface area contributed by atoms with Gasteiger partial charge < -0.3 is 20.1 Å². The smallest absolute Gasteiger partial charge is 0.387 e. The van der Waals surface area contributed by atoms with E-state index in [2.05, 4.69) is 15.4 Å². The van der Waals surface area contributed by atoms with Crippen molar-refractivity contribution in [3.05, 3.63) is 47.5 Å². The number of benzene rings is 2. The van der Waals surface area contributed by atoms with Crippen molar-refractivity contribution >= 4 is 17.3 Å². The molecule has 7 heteroatoms. The third-order valence-electron chi connectivity index (χ3n) is 4.52. The van der Waals surface area contributed by atoms with Gasteiger partial charge in [0.25, 0.3) is 0 Å². The Morgan fingerprint density at radius 3 is 2.52 bits per heavy atom. The van der Waals surface area contributed by atoms with Crippen LogP contribution < -0.4 is 20.1 Å². The zero-order valence-corrected chi connectivity index (χ0v) is 15.2. The standard InChI is InChI=1S/C20H22F2N2O3/c1-12(19(25)24-15-7-6-13-4-3-5-14(13)10-15)23-16-8-9-17(26-2)18(11-16)27-20(21)22/h6-12,20,23H,3-5H2,1-2H3,(H,24,25). The second-order valence-corrected chi connectivity index (χ2v) is 6.44. The fourth-order valence-electron chi connectivity index (χ4n) is 3.17. The van der Waals surface area contributed by atoms with Gasteiger partial charge in [-0.2, -0.15) is 8.78 Å². The highest BCUT2D eigenvalue weighted by Gasteiger charge is 2.17. The monoisotopic (exact) mass is 376 g/mol. The van der Waals surface area contributed by atoms with Crippen LogP contribution >= 0.6 is 0 Å². The van der Waals surface area contributed by atoms with Crippen LogP contribution in [0.25, 0.3) is 0 Å². The number of halogens is 2. The van der Waals surface area contributed by atoms with Crippen LogP contribution in [0.2, 0.25) is 0 Å². The first-order valence-corrected chi connectivity index (χ1v) is 8.78. The van der Waals surface area contributed by atoms with Crippen molar-refractivity contribution in [1.82, 2.24) is 0 Å². The van der Waals surface area contributed by atoms with Crippen molar-refractivity contribution in [2.75, 3.05) is 17.7 Å². The Balaban J connectivity index is 1.65. The molecule has 0 bridgehead atoms. The molecule has 1 unspecified atom stereocenters. The zero-order chi connectivity index (χ0) is 19.4. The van der Waals surface area contributed by atoms with Gasteiger partial charge in [0.1, 0.15) is 6.04 Å². The van der Waals surface area contributed by atoms with Crippen LogP contribution in [0.15, 0.2) is 36.4 Å². The van der Waals surface area contributed by atoms with Crippen LogP contribution in [0.3, 0.4) is 0 Å². The Morgan fingerprint density at radius 2 is 1.78 bits per heavy atom. The van der Waals surface area contributed by atoms with Crippen molar-refractivity contribution in [2.24, 2.45) is 0 Å². The number of aryl methyl sites for hydroxylation is 2. The van der Waals surface area contributed by atoms with E-state index in [0.717, 1.165) is 24.9 Å². The third-order valence-corrected chi connectivity index (χ3v) is 4.52. The summed E-state index contributed by atoms with van der Waals surface area (Å²) in [5.41, 5.74) is 3.84. The Hall–Kier alpha value is -2.83. The molecule has 0 saturated carbocycles. The van der Waals surface area contributed by atoms with Crippen LogP contribution in [0.4, 0.5) is 20.2 Å². The SMILES string of the molecule is COc1ccc(NC(C)C(=O)Nc2ccc3c(c2)CCC3)cc1OC(F)F. The number of anilines is 2. The van der Waals surface area contributed by atoms with Crippen LogP contribution in [0.1, 0.15) is 24.5 Å². The quantitative estimate of drug-likeness (QED) is 0.759. The highest BCUT2D eigenvalue weighted by Crippen LogP contribution is 2.32. The van der Waals surface area contributed by atoms with E-state index < -0.39 is 12.7 Å². The summed E-state index contributed by atoms with van der Waals surface area (Å²) in [6, 6.07) is 9.90. The fraction of sp³-hybridized carbons (Fsp3) is 0.350. The van der Waals surface area contributed by atoms with Crippen LogP contribution in [0, 0.1) is 0 Å². The lowest BCUT2D eigenvalue weighted by atomic mass is 10.1. The van der Waals surface area contributed by atoms with Gasteiger partial charge in [-0.05, 0) is 61.6 Å². The molecule has 5 nitrogen and oxygen atoms in total. The molecular weight excluding hydrogens is 354 g/mol. The summed E-state index contributed by atoms with van der Waals surface area (Å²) in [5, 5.41) is 5.87. The molecule has 0 radical (unpaired) electrons. The number of ether oxygens (including phenoxy) is 2. The van der Waals surface area contributed by atoms with Crippen LogP contribution in [-0.4, -0.2) is 25.7 Å². The number of alkyl halides is 2. The van der Waals surface area contributed by atoms with Crippen molar-refractivity contribution in [2.45, 2.75) is 38.8 Å². The van der Waals surface area contributed by atoms with Gasteiger partial charge in [-0.3, -0.25) is 4.79 Å². The van der Waals surface area contributed by atoms with Crippen molar-refractivity contribution in [1.29, 1.82) is 0 Å². The van der Waals surface area contributed by atoms with E-state index in [1.165, 1.54) is 30.4 Å². The second kappa shape index (κ2) is 8.24. The third kappa shape index (κ3) is 4.67. The summed E-state index contributed by atoms with van der Waals surface area (Å²) >= 11 is 0. The predicted molar refractivity (Wildman–Crippen MR) is 99.8 cm³/mol. The molecule has 144 valence electrons. The molecule has 0 aliphatic heterocycles. The van der Waals surface area contributed by atoms with Crippen LogP contribution in [-0.2, 0) is 17.6 Å². The van der Waals surface area contributed by atoms with E-state index in [0.29, 0.717) is 5.69 Å². The molecule has 3 rings (SSSR count). The molecule has 2 N–H and O–H groups in total. The second-order valence-electron chi connectivity index (χ2n) is 6.44. The summed E-state index contributed by atoms with van der Waals surface area (Å²) in [7, 11) is 1.37. The lowest BCUT2D eigenvalue weighted by molar-refractivity contribution is -0.116. The predicted octanol–water partition coefficient (Wildman–Crippen LogP) is 4.22. The summed E-state index contributed by atoms with van der Waals surface area (Å²) < 4.78 is 34.5. The number of hydrogen-bond acceptors (Lipinski definition) is 4. The van der Waals surface area contributed by atoms with E-state index >= 15 is 0 Å². The molecule has 0 aromatic heterocycles. The number of fused-ring (bicyclic) bond motifs is 1. The molecule has 1 aliphatic carbocycles. The maximum Gasteiger partial charge on any atom is 0.387 e.